The van der Waals surface area contributed by atoms with Crippen LogP contribution in [0.15, 0.2) is 36.4 Å². The molecule has 1 aromatic carbocycles. The Balaban J connectivity index is 1.27. The summed E-state index contributed by atoms with van der Waals surface area (Å²) in [6.45, 7) is 10.3. The minimum absolute atomic E-state index is 0.0381. The van der Waals surface area contributed by atoms with Gasteiger partial charge in [-0.05, 0) is 70.4 Å². The summed E-state index contributed by atoms with van der Waals surface area (Å²) in [6, 6.07) is 12.1. The normalized spacial score (nSPS) is 14.7. The summed E-state index contributed by atoms with van der Waals surface area (Å²) in [6.07, 6.45) is 1.80. The predicted octanol–water partition coefficient (Wildman–Crippen LogP) is 4.27. The third-order valence-corrected chi connectivity index (χ3v) is 6.73. The number of piperidine rings is 1. The van der Waals surface area contributed by atoms with Crippen LogP contribution in [0.1, 0.15) is 43.6 Å². The third kappa shape index (κ3) is 5.12. The van der Waals surface area contributed by atoms with Crippen LogP contribution in [0, 0.1) is 19.8 Å². The standard InChI is InChI=1S/C24H31N5O2S/c1-16(2)31-21-9-7-19(8-10-21)15-25-22(30)20-11-13-28(14-12-20)23-26-27-24(32-23)29-17(3)5-6-18(29)4/h5-10,16,20H,11-15H2,1-4H3,(H,25,30). The van der Waals surface area contributed by atoms with Crippen molar-refractivity contribution in [1.82, 2.24) is 20.1 Å². The van der Waals surface area contributed by atoms with Crippen molar-refractivity contribution < 1.29 is 9.53 Å². The van der Waals surface area contributed by atoms with Crippen LogP contribution < -0.4 is 15.0 Å². The lowest BCUT2D eigenvalue weighted by atomic mass is 9.96. The maximum Gasteiger partial charge on any atom is 0.223 e. The SMILES string of the molecule is Cc1ccc(C)n1-c1nnc(N2CCC(C(=O)NCc3ccc(OC(C)C)cc3)CC2)s1. The molecule has 170 valence electrons. The fourth-order valence-corrected chi connectivity index (χ4v) is 5.04. The van der Waals surface area contributed by atoms with E-state index in [0.717, 1.165) is 58.9 Å². The lowest BCUT2D eigenvalue weighted by molar-refractivity contribution is -0.125. The highest BCUT2D eigenvalue weighted by Gasteiger charge is 2.27. The highest BCUT2D eigenvalue weighted by atomic mass is 32.1. The number of benzene rings is 1. The van der Waals surface area contributed by atoms with E-state index >= 15 is 0 Å². The molecule has 1 aliphatic heterocycles. The molecule has 1 fully saturated rings. The number of carbonyl (C=O) groups is 1. The number of rotatable bonds is 7. The van der Waals surface area contributed by atoms with Gasteiger partial charge in [0.2, 0.25) is 16.2 Å². The lowest BCUT2D eigenvalue weighted by Crippen LogP contribution is -2.40. The van der Waals surface area contributed by atoms with Gasteiger partial charge in [-0.25, -0.2) is 0 Å². The second-order valence-corrected chi connectivity index (χ2v) is 9.54. The van der Waals surface area contributed by atoms with Gasteiger partial charge >= 0.3 is 0 Å². The van der Waals surface area contributed by atoms with Gasteiger partial charge in [0.15, 0.2) is 0 Å². The molecule has 32 heavy (non-hydrogen) atoms. The molecular formula is C24H31N5O2S. The molecule has 1 N–H and O–H groups in total. The highest BCUT2D eigenvalue weighted by Crippen LogP contribution is 2.29. The summed E-state index contributed by atoms with van der Waals surface area (Å²) >= 11 is 1.60. The Kier molecular flexibility index (Phi) is 6.79. The Morgan fingerprint density at radius 2 is 1.69 bits per heavy atom. The summed E-state index contributed by atoms with van der Waals surface area (Å²) < 4.78 is 7.80. The average molecular weight is 454 g/mol. The molecule has 0 aliphatic carbocycles. The van der Waals surface area contributed by atoms with Crippen LogP contribution in [0.4, 0.5) is 5.13 Å². The van der Waals surface area contributed by atoms with Crippen molar-refractivity contribution in [3.05, 3.63) is 53.3 Å². The molecule has 7 nitrogen and oxygen atoms in total. The van der Waals surface area contributed by atoms with E-state index in [2.05, 4.69) is 51.0 Å². The first-order valence-corrected chi connectivity index (χ1v) is 12.0. The molecule has 0 saturated carbocycles. The summed E-state index contributed by atoms with van der Waals surface area (Å²) in [5.41, 5.74) is 3.38. The number of nitrogens with zero attached hydrogens (tertiary/aromatic N) is 4. The first-order chi connectivity index (χ1) is 15.4. The van der Waals surface area contributed by atoms with Gasteiger partial charge in [-0.15, -0.1) is 10.2 Å². The number of hydrogen-bond acceptors (Lipinski definition) is 6. The fourth-order valence-electron chi connectivity index (χ4n) is 4.02. The molecule has 0 radical (unpaired) electrons. The van der Waals surface area contributed by atoms with Crippen LogP contribution in [-0.4, -0.2) is 39.9 Å². The maximum atomic E-state index is 12.7. The van der Waals surface area contributed by atoms with Gasteiger partial charge in [0, 0.05) is 36.9 Å². The van der Waals surface area contributed by atoms with Crippen molar-refractivity contribution in [1.29, 1.82) is 0 Å². The molecule has 8 heteroatoms. The van der Waals surface area contributed by atoms with Gasteiger partial charge in [-0.3, -0.25) is 9.36 Å². The van der Waals surface area contributed by atoms with Crippen molar-refractivity contribution >= 4 is 22.4 Å². The van der Waals surface area contributed by atoms with Gasteiger partial charge in [0.05, 0.1) is 6.10 Å². The van der Waals surface area contributed by atoms with Crippen molar-refractivity contribution in [3.63, 3.8) is 0 Å². The topological polar surface area (TPSA) is 72.3 Å². The van der Waals surface area contributed by atoms with Crippen LogP contribution in [0.2, 0.25) is 0 Å². The largest absolute Gasteiger partial charge is 0.491 e. The minimum Gasteiger partial charge on any atom is -0.491 e. The molecule has 1 amide bonds. The Bertz CT molecular complexity index is 1030. The Hall–Kier alpha value is -2.87. The Morgan fingerprint density at radius 1 is 1.06 bits per heavy atom. The summed E-state index contributed by atoms with van der Waals surface area (Å²) in [7, 11) is 0. The molecular weight excluding hydrogens is 422 g/mol. The van der Waals surface area contributed by atoms with E-state index in [9.17, 15) is 4.79 Å². The highest BCUT2D eigenvalue weighted by molar-refractivity contribution is 7.17. The molecule has 0 spiro atoms. The van der Waals surface area contributed by atoms with Crippen molar-refractivity contribution in [2.75, 3.05) is 18.0 Å². The number of ether oxygens (including phenoxy) is 1. The number of nitrogens with one attached hydrogen (secondary N) is 1. The van der Waals surface area contributed by atoms with Crippen LogP contribution in [0.5, 0.6) is 5.75 Å². The first kappa shape index (κ1) is 22.3. The number of amides is 1. The second-order valence-electron chi connectivity index (χ2n) is 8.61. The van der Waals surface area contributed by atoms with Gasteiger partial charge in [0.25, 0.3) is 0 Å². The van der Waals surface area contributed by atoms with Crippen molar-refractivity contribution in [2.24, 2.45) is 5.92 Å². The first-order valence-electron chi connectivity index (χ1n) is 11.2. The molecule has 0 bridgehead atoms. The van der Waals surface area contributed by atoms with E-state index in [1.54, 1.807) is 11.3 Å². The zero-order valence-corrected chi connectivity index (χ0v) is 20.0. The van der Waals surface area contributed by atoms with E-state index in [0.29, 0.717) is 6.54 Å². The molecule has 3 aromatic rings. The third-order valence-electron chi connectivity index (χ3n) is 5.76. The second kappa shape index (κ2) is 9.73. The van der Waals surface area contributed by atoms with Gasteiger partial charge in [-0.2, -0.15) is 0 Å². The molecule has 2 aromatic heterocycles. The number of aromatic nitrogens is 3. The minimum atomic E-state index is 0.0381. The number of carbonyl (C=O) groups excluding carboxylic acids is 1. The zero-order chi connectivity index (χ0) is 22.7. The summed E-state index contributed by atoms with van der Waals surface area (Å²) in [5.74, 6) is 1.02. The van der Waals surface area contributed by atoms with Crippen LogP contribution in [0.25, 0.3) is 5.13 Å². The quantitative estimate of drug-likeness (QED) is 0.579. The van der Waals surface area contributed by atoms with Gasteiger partial charge < -0.3 is 15.0 Å². The van der Waals surface area contributed by atoms with Crippen LogP contribution in [-0.2, 0) is 11.3 Å². The van der Waals surface area contributed by atoms with Crippen molar-refractivity contribution in [3.8, 4) is 10.9 Å². The fraction of sp³-hybridized carbons (Fsp3) is 0.458. The van der Waals surface area contributed by atoms with E-state index < -0.39 is 0 Å². The number of anilines is 1. The van der Waals surface area contributed by atoms with Crippen LogP contribution >= 0.6 is 11.3 Å². The van der Waals surface area contributed by atoms with Gasteiger partial charge in [-0.1, -0.05) is 23.5 Å². The Labute approximate surface area is 193 Å². The predicted molar refractivity (Wildman–Crippen MR) is 128 cm³/mol. The number of hydrogen-bond donors (Lipinski definition) is 1. The van der Waals surface area contributed by atoms with Gasteiger partial charge in [0.1, 0.15) is 5.75 Å². The molecule has 4 rings (SSSR count). The maximum absolute atomic E-state index is 12.7. The van der Waals surface area contributed by atoms with E-state index in [-0.39, 0.29) is 17.9 Å². The zero-order valence-electron chi connectivity index (χ0n) is 19.2. The summed E-state index contributed by atoms with van der Waals surface area (Å²) in [4.78, 5) is 14.9. The van der Waals surface area contributed by atoms with E-state index in [1.807, 2.05) is 38.1 Å². The van der Waals surface area contributed by atoms with Crippen LogP contribution in [0.3, 0.4) is 0 Å². The van der Waals surface area contributed by atoms with E-state index in [1.165, 1.54) is 0 Å². The summed E-state index contributed by atoms with van der Waals surface area (Å²) in [5, 5.41) is 13.7. The number of aryl methyl sites for hydroxylation is 2. The van der Waals surface area contributed by atoms with Crippen molar-refractivity contribution in [2.45, 2.75) is 53.2 Å². The monoisotopic (exact) mass is 453 g/mol. The molecule has 0 unspecified atom stereocenters. The molecule has 1 aliphatic rings. The smallest absolute Gasteiger partial charge is 0.223 e. The molecule has 0 atom stereocenters. The van der Waals surface area contributed by atoms with E-state index in [4.69, 9.17) is 4.74 Å². The molecule has 1 saturated heterocycles. The molecule has 3 heterocycles. The Morgan fingerprint density at radius 3 is 2.31 bits per heavy atom. The average Bonchev–Trinajstić information content (AvgIpc) is 3.39. The lowest BCUT2D eigenvalue weighted by Gasteiger charge is -2.30.